The van der Waals surface area contributed by atoms with Crippen molar-refractivity contribution in [3.05, 3.63) is 109 Å². The molecule has 4 aromatic rings. The molecule has 1 aliphatic heterocycles. The highest BCUT2D eigenvalue weighted by molar-refractivity contribution is 14.1. The van der Waals surface area contributed by atoms with Gasteiger partial charge in [-0.25, -0.2) is 0 Å². The second kappa shape index (κ2) is 11.3. The van der Waals surface area contributed by atoms with E-state index in [-0.39, 0.29) is 17.7 Å². The first-order valence-electron chi connectivity index (χ1n) is 11.4. The fraction of sp³-hybridized carbons (Fsp3) is 0.103. The molecule has 2 amide bonds. The zero-order valence-electron chi connectivity index (χ0n) is 19.7. The predicted octanol–water partition coefficient (Wildman–Crippen LogP) is 8.03. The quantitative estimate of drug-likeness (QED) is 0.146. The number of hydrogen-bond donors (Lipinski definition) is 0. The average molecular weight is 686 g/mol. The Morgan fingerprint density at radius 2 is 1.68 bits per heavy atom. The maximum Gasteiger partial charge on any atom is 0.293 e. The molecule has 186 valence electrons. The Morgan fingerprint density at radius 3 is 2.43 bits per heavy atom. The molecular weight excluding hydrogens is 665 g/mol. The van der Waals surface area contributed by atoms with Crippen LogP contribution in [-0.2, 0) is 17.9 Å². The lowest BCUT2D eigenvalue weighted by molar-refractivity contribution is -0.123. The van der Waals surface area contributed by atoms with Gasteiger partial charge in [0, 0.05) is 4.47 Å². The lowest BCUT2D eigenvalue weighted by atomic mass is 10.1. The molecule has 0 aromatic heterocycles. The summed E-state index contributed by atoms with van der Waals surface area (Å²) >= 11 is 6.55. The van der Waals surface area contributed by atoms with E-state index in [9.17, 15) is 9.59 Å². The van der Waals surface area contributed by atoms with Gasteiger partial charge in [0.2, 0.25) is 0 Å². The van der Waals surface area contributed by atoms with E-state index < -0.39 is 0 Å². The highest BCUT2D eigenvalue weighted by Gasteiger charge is 2.35. The van der Waals surface area contributed by atoms with Gasteiger partial charge in [0.15, 0.2) is 11.5 Å². The maximum atomic E-state index is 13.0. The summed E-state index contributed by atoms with van der Waals surface area (Å²) in [5.41, 5.74) is 2.70. The molecule has 0 radical (unpaired) electrons. The Morgan fingerprint density at radius 1 is 0.946 bits per heavy atom. The molecule has 0 N–H and O–H groups in total. The smallest absolute Gasteiger partial charge is 0.293 e. The van der Waals surface area contributed by atoms with Crippen LogP contribution in [0.2, 0.25) is 0 Å². The van der Waals surface area contributed by atoms with E-state index in [1.165, 1.54) is 10.3 Å². The molecule has 0 atom stereocenters. The van der Waals surface area contributed by atoms with Crippen molar-refractivity contribution < 1.29 is 19.1 Å². The van der Waals surface area contributed by atoms with Crippen LogP contribution in [0.15, 0.2) is 88.2 Å². The molecule has 5 rings (SSSR count). The van der Waals surface area contributed by atoms with E-state index in [1.807, 2.05) is 48.5 Å². The van der Waals surface area contributed by atoms with Crippen molar-refractivity contribution in [3.63, 3.8) is 0 Å². The molecular formula is C29H21BrINO4S. The van der Waals surface area contributed by atoms with E-state index >= 15 is 0 Å². The minimum Gasteiger partial charge on any atom is -0.493 e. The second-order valence-corrected chi connectivity index (χ2v) is 11.5. The van der Waals surface area contributed by atoms with Crippen LogP contribution in [-0.4, -0.2) is 23.2 Å². The molecule has 0 unspecified atom stereocenters. The van der Waals surface area contributed by atoms with E-state index in [4.69, 9.17) is 9.47 Å². The summed E-state index contributed by atoms with van der Waals surface area (Å²) in [7, 11) is 1.59. The zero-order chi connectivity index (χ0) is 25.9. The van der Waals surface area contributed by atoms with Gasteiger partial charge < -0.3 is 9.47 Å². The van der Waals surface area contributed by atoms with E-state index in [0.29, 0.717) is 23.0 Å². The van der Waals surface area contributed by atoms with Crippen LogP contribution in [0.3, 0.4) is 0 Å². The minimum absolute atomic E-state index is 0.234. The molecule has 0 aliphatic carbocycles. The first-order chi connectivity index (χ1) is 17.9. The molecule has 0 bridgehead atoms. The number of imide groups is 1. The van der Waals surface area contributed by atoms with E-state index in [0.717, 1.165) is 41.9 Å². The molecule has 1 fully saturated rings. The first-order valence-corrected chi connectivity index (χ1v) is 14.1. The SMILES string of the molecule is COc1cc(/C=C2\SC(=O)N(Cc3ccc(Br)cc3)C2=O)cc(I)c1OCc1ccc2ccccc2c1. The van der Waals surface area contributed by atoms with Crippen LogP contribution in [0.4, 0.5) is 4.79 Å². The van der Waals surface area contributed by atoms with Crippen molar-refractivity contribution in [2.24, 2.45) is 0 Å². The molecule has 1 heterocycles. The summed E-state index contributed by atoms with van der Waals surface area (Å²) in [6, 6.07) is 25.8. The number of ether oxygens (including phenoxy) is 2. The Labute approximate surface area is 241 Å². The summed E-state index contributed by atoms with van der Waals surface area (Å²) in [4.78, 5) is 27.2. The zero-order valence-corrected chi connectivity index (χ0v) is 24.3. The van der Waals surface area contributed by atoms with E-state index in [1.54, 1.807) is 13.2 Å². The van der Waals surface area contributed by atoms with Crippen molar-refractivity contribution in [1.29, 1.82) is 0 Å². The lowest BCUT2D eigenvalue weighted by Crippen LogP contribution is -2.27. The van der Waals surface area contributed by atoms with Crippen molar-refractivity contribution in [3.8, 4) is 11.5 Å². The number of nitrogens with zero attached hydrogens (tertiary/aromatic N) is 1. The Hall–Kier alpha value is -2.82. The molecule has 0 saturated carbocycles. The normalized spacial score (nSPS) is 14.6. The number of carbonyl (C=O) groups is 2. The standard InChI is InChI=1S/C29H21BrINO4S/c1-35-25-14-20(15-26-28(33)32(29(34)37-26)16-18-7-10-23(30)11-8-18)13-24(31)27(25)36-17-19-6-9-21-4-2-3-5-22(21)12-19/h2-15H,16-17H2,1H3/b26-15-. The minimum atomic E-state index is -0.302. The van der Waals surface area contributed by atoms with Crippen molar-refractivity contribution in [1.82, 2.24) is 4.90 Å². The first kappa shape index (κ1) is 25.8. The maximum absolute atomic E-state index is 13.0. The van der Waals surface area contributed by atoms with Gasteiger partial charge in [-0.1, -0.05) is 64.5 Å². The van der Waals surface area contributed by atoms with Crippen LogP contribution in [0.1, 0.15) is 16.7 Å². The van der Waals surface area contributed by atoms with Crippen LogP contribution in [0.5, 0.6) is 11.5 Å². The van der Waals surface area contributed by atoms with Crippen LogP contribution in [0, 0.1) is 3.57 Å². The molecule has 1 saturated heterocycles. The van der Waals surface area contributed by atoms with Gasteiger partial charge in [0.1, 0.15) is 6.61 Å². The topological polar surface area (TPSA) is 55.8 Å². The van der Waals surface area contributed by atoms with Gasteiger partial charge >= 0.3 is 0 Å². The third kappa shape index (κ3) is 5.86. The predicted molar refractivity (Wildman–Crippen MR) is 160 cm³/mol. The average Bonchev–Trinajstić information content (AvgIpc) is 3.16. The van der Waals surface area contributed by atoms with Gasteiger partial charge in [-0.15, -0.1) is 0 Å². The third-order valence-corrected chi connectivity index (χ3v) is 8.11. The summed E-state index contributed by atoms with van der Waals surface area (Å²) in [6.45, 7) is 0.628. The largest absolute Gasteiger partial charge is 0.493 e. The van der Waals surface area contributed by atoms with Crippen LogP contribution >= 0.6 is 50.3 Å². The lowest BCUT2D eigenvalue weighted by Gasteiger charge is -2.14. The molecule has 1 aliphatic rings. The van der Waals surface area contributed by atoms with Gasteiger partial charge in [0.05, 0.1) is 22.1 Å². The number of methoxy groups -OCH3 is 1. The van der Waals surface area contributed by atoms with E-state index in [2.05, 4.69) is 68.9 Å². The number of thioether (sulfide) groups is 1. The van der Waals surface area contributed by atoms with Gasteiger partial charge in [-0.3, -0.25) is 14.5 Å². The van der Waals surface area contributed by atoms with Gasteiger partial charge in [-0.05, 0) is 98.2 Å². The molecule has 5 nitrogen and oxygen atoms in total. The molecule has 0 spiro atoms. The number of benzene rings is 4. The monoisotopic (exact) mass is 685 g/mol. The number of carbonyl (C=O) groups excluding carboxylic acids is 2. The van der Waals surface area contributed by atoms with Crippen molar-refractivity contribution in [2.75, 3.05) is 7.11 Å². The van der Waals surface area contributed by atoms with Crippen molar-refractivity contribution >= 4 is 78.3 Å². The number of rotatable bonds is 7. The van der Waals surface area contributed by atoms with Gasteiger partial charge in [0.25, 0.3) is 11.1 Å². The van der Waals surface area contributed by atoms with Crippen molar-refractivity contribution in [2.45, 2.75) is 13.2 Å². The highest BCUT2D eigenvalue weighted by atomic mass is 127. The fourth-order valence-electron chi connectivity index (χ4n) is 4.01. The number of halogens is 2. The summed E-state index contributed by atoms with van der Waals surface area (Å²) in [6.07, 6.45) is 1.73. The number of fused-ring (bicyclic) bond motifs is 1. The fourth-order valence-corrected chi connectivity index (χ4v) is 5.89. The summed E-state index contributed by atoms with van der Waals surface area (Å²) in [5.74, 6) is 0.897. The summed E-state index contributed by atoms with van der Waals surface area (Å²) < 4.78 is 13.6. The number of hydrogen-bond acceptors (Lipinski definition) is 5. The van der Waals surface area contributed by atoms with Gasteiger partial charge in [-0.2, -0.15) is 0 Å². The second-order valence-electron chi connectivity index (χ2n) is 8.40. The molecule has 37 heavy (non-hydrogen) atoms. The Balaban J connectivity index is 1.33. The summed E-state index contributed by atoms with van der Waals surface area (Å²) in [5, 5.41) is 2.06. The van der Waals surface area contributed by atoms with Crippen LogP contribution < -0.4 is 9.47 Å². The Kier molecular flexibility index (Phi) is 7.87. The highest BCUT2D eigenvalue weighted by Crippen LogP contribution is 2.38. The molecule has 8 heteroatoms. The number of amides is 2. The Bertz CT molecular complexity index is 1540. The molecule has 4 aromatic carbocycles. The third-order valence-electron chi connectivity index (χ3n) is 5.87. The van der Waals surface area contributed by atoms with Crippen LogP contribution in [0.25, 0.3) is 16.8 Å².